The molecule has 0 spiro atoms. The van der Waals surface area contributed by atoms with Gasteiger partial charge in [-0.05, 0) is 55.2 Å². The first kappa shape index (κ1) is 25.0. The third kappa shape index (κ3) is 3.95. The zero-order valence-electron chi connectivity index (χ0n) is 22.8. The van der Waals surface area contributed by atoms with Gasteiger partial charge in [-0.3, -0.25) is 9.59 Å². The van der Waals surface area contributed by atoms with E-state index in [0.29, 0.717) is 31.0 Å². The Morgan fingerprint density at radius 3 is 2.46 bits per heavy atom. The summed E-state index contributed by atoms with van der Waals surface area (Å²) in [6, 6.07) is 22.4. The number of rotatable bonds is 6. The maximum Gasteiger partial charge on any atom is 0.254 e. The summed E-state index contributed by atoms with van der Waals surface area (Å²) < 4.78 is 10.8. The Morgan fingerprint density at radius 1 is 0.974 bits per heavy atom. The lowest BCUT2D eigenvalue weighted by Gasteiger charge is -2.51. The Morgan fingerprint density at radius 2 is 1.72 bits per heavy atom. The van der Waals surface area contributed by atoms with E-state index in [1.165, 1.54) is 5.56 Å². The second-order valence-corrected chi connectivity index (χ2v) is 10.7. The van der Waals surface area contributed by atoms with E-state index in [9.17, 15) is 9.59 Å². The van der Waals surface area contributed by atoms with Crippen LogP contribution in [-0.4, -0.2) is 60.5 Å². The number of aromatic amines is 1. The Balaban J connectivity index is 1.38. The number of H-pyrrole nitrogens is 1. The van der Waals surface area contributed by atoms with Crippen LogP contribution in [0.2, 0.25) is 0 Å². The molecular formula is C32H33N3O4. The number of hydrogen-bond acceptors (Lipinski definition) is 4. The monoisotopic (exact) mass is 523 g/mol. The molecule has 2 aliphatic rings. The number of piperazine rings is 1. The van der Waals surface area contributed by atoms with Crippen molar-refractivity contribution in [2.45, 2.75) is 31.7 Å². The lowest BCUT2D eigenvalue weighted by molar-refractivity contribution is -0.166. The number of aromatic nitrogens is 1. The summed E-state index contributed by atoms with van der Waals surface area (Å²) in [7, 11) is 3.21. The van der Waals surface area contributed by atoms with Crippen LogP contribution in [0.3, 0.4) is 0 Å². The van der Waals surface area contributed by atoms with Crippen molar-refractivity contribution in [3.05, 3.63) is 94.7 Å². The number of ether oxygens (including phenoxy) is 2. The molecule has 6 rings (SSSR count). The zero-order valence-corrected chi connectivity index (χ0v) is 22.8. The molecule has 1 fully saturated rings. The molecule has 1 unspecified atom stereocenters. The van der Waals surface area contributed by atoms with Crippen molar-refractivity contribution >= 4 is 22.7 Å². The number of amides is 2. The predicted octanol–water partition coefficient (Wildman–Crippen LogP) is 4.77. The molecule has 0 radical (unpaired) electrons. The summed E-state index contributed by atoms with van der Waals surface area (Å²) in [5.74, 6) is 1.18. The van der Waals surface area contributed by atoms with E-state index in [2.05, 4.69) is 42.2 Å². The molecule has 2 amide bonds. The highest BCUT2D eigenvalue weighted by molar-refractivity contribution is 6.01. The summed E-state index contributed by atoms with van der Waals surface area (Å²) in [5, 5.41) is 1.10. The Hall–Kier alpha value is -4.26. The molecule has 0 saturated carbocycles. The summed E-state index contributed by atoms with van der Waals surface area (Å²) in [6.45, 7) is 4.93. The highest BCUT2D eigenvalue weighted by Crippen LogP contribution is 2.48. The van der Waals surface area contributed by atoms with Crippen molar-refractivity contribution in [3.8, 4) is 11.5 Å². The molecule has 1 N–H and O–H groups in total. The van der Waals surface area contributed by atoms with E-state index >= 15 is 0 Å². The van der Waals surface area contributed by atoms with Crippen molar-refractivity contribution in [2.75, 3.05) is 33.9 Å². The number of hydrogen-bond donors (Lipinski definition) is 1. The van der Waals surface area contributed by atoms with E-state index in [1.54, 1.807) is 24.0 Å². The van der Waals surface area contributed by atoms with Gasteiger partial charge in [0.25, 0.3) is 5.91 Å². The first-order chi connectivity index (χ1) is 18.8. The SMILES string of the molecule is COc1ccc(CCN2CC(=O)N3CC(c4ccc(C)cc4)c4c([nH]c5ccccc45)[C@@]3(C)C2=O)cc1OC. The average molecular weight is 524 g/mol. The van der Waals surface area contributed by atoms with E-state index in [1.807, 2.05) is 43.3 Å². The predicted molar refractivity (Wildman–Crippen MR) is 150 cm³/mol. The Bertz CT molecular complexity index is 1570. The third-order valence-corrected chi connectivity index (χ3v) is 8.42. The van der Waals surface area contributed by atoms with E-state index in [4.69, 9.17) is 9.47 Å². The van der Waals surface area contributed by atoms with Gasteiger partial charge in [0, 0.05) is 29.9 Å². The van der Waals surface area contributed by atoms with Gasteiger partial charge < -0.3 is 24.3 Å². The fourth-order valence-electron chi connectivity index (χ4n) is 6.25. The van der Waals surface area contributed by atoms with Gasteiger partial charge in [0.1, 0.15) is 0 Å². The van der Waals surface area contributed by atoms with Crippen LogP contribution in [0, 0.1) is 6.92 Å². The number of benzene rings is 3. The van der Waals surface area contributed by atoms with Crippen molar-refractivity contribution in [1.82, 2.24) is 14.8 Å². The smallest absolute Gasteiger partial charge is 0.254 e. The van der Waals surface area contributed by atoms with E-state index in [0.717, 1.165) is 33.3 Å². The minimum absolute atomic E-state index is 0.0279. The van der Waals surface area contributed by atoms with Gasteiger partial charge in [-0.1, -0.05) is 54.1 Å². The number of fused-ring (bicyclic) bond motifs is 5. The highest BCUT2D eigenvalue weighted by Gasteiger charge is 2.56. The topological polar surface area (TPSA) is 74.9 Å². The Labute approximate surface area is 228 Å². The summed E-state index contributed by atoms with van der Waals surface area (Å²) in [4.78, 5) is 35.1. The molecule has 0 bridgehead atoms. The van der Waals surface area contributed by atoms with E-state index in [-0.39, 0.29) is 24.3 Å². The quantitative estimate of drug-likeness (QED) is 0.395. The number of nitrogens with one attached hydrogen (secondary N) is 1. The average Bonchev–Trinajstić information content (AvgIpc) is 3.35. The summed E-state index contributed by atoms with van der Waals surface area (Å²) >= 11 is 0. The van der Waals surface area contributed by atoms with Crippen LogP contribution >= 0.6 is 0 Å². The van der Waals surface area contributed by atoms with Crippen molar-refractivity contribution < 1.29 is 19.1 Å². The number of methoxy groups -OCH3 is 2. The van der Waals surface area contributed by atoms with Crippen LogP contribution in [0.5, 0.6) is 11.5 Å². The van der Waals surface area contributed by atoms with Gasteiger partial charge in [-0.15, -0.1) is 0 Å². The first-order valence-electron chi connectivity index (χ1n) is 13.3. The second-order valence-electron chi connectivity index (χ2n) is 10.7. The van der Waals surface area contributed by atoms with Crippen molar-refractivity contribution in [3.63, 3.8) is 0 Å². The fourth-order valence-corrected chi connectivity index (χ4v) is 6.25. The molecule has 39 heavy (non-hydrogen) atoms. The molecule has 1 saturated heterocycles. The maximum absolute atomic E-state index is 14.3. The molecule has 2 atom stereocenters. The number of para-hydroxylation sites is 1. The molecule has 7 nitrogen and oxygen atoms in total. The number of nitrogens with zero attached hydrogens (tertiary/aromatic N) is 2. The second kappa shape index (κ2) is 9.49. The van der Waals surface area contributed by atoms with Gasteiger partial charge in [-0.2, -0.15) is 0 Å². The van der Waals surface area contributed by atoms with Gasteiger partial charge in [-0.25, -0.2) is 0 Å². The van der Waals surface area contributed by atoms with Gasteiger partial charge in [0.15, 0.2) is 17.0 Å². The van der Waals surface area contributed by atoms with Gasteiger partial charge in [0.2, 0.25) is 5.91 Å². The minimum atomic E-state index is -1.11. The number of carbonyl (C=O) groups excluding carboxylic acids is 2. The fraction of sp³-hybridized carbons (Fsp3) is 0.312. The molecule has 2 aliphatic heterocycles. The highest BCUT2D eigenvalue weighted by atomic mass is 16.5. The van der Waals surface area contributed by atoms with E-state index < -0.39 is 5.54 Å². The maximum atomic E-state index is 14.3. The van der Waals surface area contributed by atoms with Crippen LogP contribution in [0.4, 0.5) is 0 Å². The molecule has 7 heteroatoms. The van der Waals surface area contributed by atoms with Crippen LogP contribution in [0.25, 0.3) is 10.9 Å². The molecule has 3 aromatic carbocycles. The van der Waals surface area contributed by atoms with Gasteiger partial charge in [0.05, 0.1) is 26.5 Å². The summed E-state index contributed by atoms with van der Waals surface area (Å²) in [6.07, 6.45) is 0.598. The lowest BCUT2D eigenvalue weighted by atomic mass is 9.76. The van der Waals surface area contributed by atoms with Gasteiger partial charge >= 0.3 is 0 Å². The largest absolute Gasteiger partial charge is 0.493 e. The van der Waals surface area contributed by atoms with Crippen LogP contribution in [0.15, 0.2) is 66.7 Å². The minimum Gasteiger partial charge on any atom is -0.493 e. The normalized spacial score (nSPS) is 20.7. The molecule has 3 heterocycles. The molecule has 200 valence electrons. The Kier molecular flexibility index (Phi) is 6.09. The number of carbonyl (C=O) groups is 2. The van der Waals surface area contributed by atoms with Crippen LogP contribution < -0.4 is 9.47 Å². The van der Waals surface area contributed by atoms with Crippen LogP contribution in [-0.2, 0) is 21.5 Å². The van der Waals surface area contributed by atoms with Crippen molar-refractivity contribution in [2.24, 2.45) is 0 Å². The molecule has 4 aromatic rings. The third-order valence-electron chi connectivity index (χ3n) is 8.42. The molecular weight excluding hydrogens is 490 g/mol. The zero-order chi connectivity index (χ0) is 27.3. The number of aryl methyl sites for hydroxylation is 1. The van der Waals surface area contributed by atoms with Crippen molar-refractivity contribution in [1.29, 1.82) is 0 Å². The summed E-state index contributed by atoms with van der Waals surface area (Å²) in [5.41, 5.74) is 5.13. The molecule has 0 aliphatic carbocycles. The first-order valence-corrected chi connectivity index (χ1v) is 13.3. The van der Waals surface area contributed by atoms with Crippen LogP contribution in [0.1, 0.15) is 40.8 Å². The molecule has 1 aromatic heterocycles. The lowest BCUT2D eigenvalue weighted by Crippen LogP contribution is -2.67. The standard InChI is InChI=1S/C32H33N3O4/c1-20-9-12-22(13-10-20)24-18-35-28(36)19-34(16-15-21-11-14-26(38-3)27(17-21)39-4)31(37)32(35,2)30-29(24)23-7-5-6-8-25(23)33-30/h5-14,17,24,33H,15-16,18-19H2,1-4H3/t24?,32-/m0/s1.